The Bertz CT molecular complexity index is 579. The smallest absolute Gasteiger partial charge is 0.0557 e. The van der Waals surface area contributed by atoms with Crippen LogP contribution in [0.5, 0.6) is 0 Å². The number of rotatable bonds is 33. The van der Waals surface area contributed by atoms with Gasteiger partial charge in [-0.05, 0) is 43.4 Å². The summed E-state index contributed by atoms with van der Waals surface area (Å²) in [5.41, 5.74) is 5.29. The van der Waals surface area contributed by atoms with Crippen LogP contribution in [0.3, 0.4) is 0 Å². The molecular formula is C42H83N. The van der Waals surface area contributed by atoms with Gasteiger partial charge in [0.05, 0.1) is 5.70 Å². The molecule has 0 aromatic carbocycles. The van der Waals surface area contributed by atoms with Gasteiger partial charge in [0.15, 0.2) is 0 Å². The van der Waals surface area contributed by atoms with Crippen LogP contribution in [0.15, 0.2) is 18.0 Å². The highest BCUT2D eigenvalue weighted by atomic mass is 15.1. The molecule has 1 unspecified atom stereocenters. The lowest BCUT2D eigenvalue weighted by Crippen LogP contribution is -2.25. The van der Waals surface area contributed by atoms with E-state index in [1.807, 2.05) is 0 Å². The van der Waals surface area contributed by atoms with E-state index in [1.54, 1.807) is 0 Å². The topological polar surface area (TPSA) is 3.24 Å². The van der Waals surface area contributed by atoms with Crippen molar-refractivity contribution < 1.29 is 0 Å². The fourth-order valence-corrected chi connectivity index (χ4v) is 6.54. The van der Waals surface area contributed by atoms with Gasteiger partial charge in [0, 0.05) is 13.1 Å². The van der Waals surface area contributed by atoms with Gasteiger partial charge in [0.25, 0.3) is 0 Å². The third kappa shape index (κ3) is 31.1. The third-order valence-electron chi connectivity index (χ3n) is 9.65. The Morgan fingerprint density at radius 1 is 0.535 bits per heavy atom. The van der Waals surface area contributed by atoms with E-state index >= 15 is 0 Å². The van der Waals surface area contributed by atoms with Crippen molar-refractivity contribution in [3.8, 4) is 0 Å². The second kappa shape index (κ2) is 31.3. The summed E-state index contributed by atoms with van der Waals surface area (Å²) >= 11 is 0. The normalized spacial score (nSPS) is 12.4. The zero-order valence-corrected chi connectivity index (χ0v) is 31.2. The van der Waals surface area contributed by atoms with Gasteiger partial charge < -0.3 is 4.90 Å². The highest BCUT2D eigenvalue weighted by Crippen LogP contribution is 2.26. The summed E-state index contributed by atoms with van der Waals surface area (Å²) in [4.78, 5) is 2.70. The van der Waals surface area contributed by atoms with E-state index < -0.39 is 0 Å². The zero-order chi connectivity index (χ0) is 31.9. The molecule has 0 aromatic heterocycles. The van der Waals surface area contributed by atoms with Crippen molar-refractivity contribution in [3.63, 3.8) is 0 Å². The van der Waals surface area contributed by atoms with Crippen LogP contribution in [0.25, 0.3) is 0 Å². The quantitative estimate of drug-likeness (QED) is 0.0534. The van der Waals surface area contributed by atoms with Gasteiger partial charge in [-0.15, -0.1) is 5.73 Å². The summed E-state index contributed by atoms with van der Waals surface area (Å²) in [5, 5.41) is 0. The van der Waals surface area contributed by atoms with Crippen LogP contribution >= 0.6 is 0 Å². The van der Waals surface area contributed by atoms with Crippen molar-refractivity contribution in [2.75, 3.05) is 13.1 Å². The van der Waals surface area contributed by atoms with Crippen molar-refractivity contribution in [3.05, 3.63) is 18.0 Å². The fourth-order valence-electron chi connectivity index (χ4n) is 6.54. The lowest BCUT2D eigenvalue weighted by Gasteiger charge is -2.27. The molecular weight excluding hydrogens is 518 g/mol. The van der Waals surface area contributed by atoms with Crippen molar-refractivity contribution >= 4 is 0 Å². The summed E-state index contributed by atoms with van der Waals surface area (Å²) in [7, 11) is 0. The number of allylic oxidation sites excluding steroid dienone is 1. The van der Waals surface area contributed by atoms with Crippen LogP contribution in [0.4, 0.5) is 0 Å². The van der Waals surface area contributed by atoms with E-state index in [0.717, 1.165) is 12.3 Å². The second-order valence-corrected chi connectivity index (χ2v) is 15.5. The fraction of sp³-hybridized carbons (Fsp3) is 0.929. The van der Waals surface area contributed by atoms with Crippen LogP contribution in [0, 0.1) is 11.3 Å². The maximum absolute atomic E-state index is 4.17. The molecule has 256 valence electrons. The Kier molecular flexibility index (Phi) is 30.8. The van der Waals surface area contributed by atoms with Crippen LogP contribution in [-0.2, 0) is 0 Å². The molecule has 0 aliphatic rings. The van der Waals surface area contributed by atoms with Crippen molar-refractivity contribution in [2.24, 2.45) is 11.3 Å². The predicted octanol–water partition coefficient (Wildman–Crippen LogP) is 15.0. The molecule has 0 aliphatic carbocycles. The maximum Gasteiger partial charge on any atom is 0.0557 e. The van der Waals surface area contributed by atoms with Gasteiger partial charge in [-0.3, -0.25) is 0 Å². The first-order valence-electron chi connectivity index (χ1n) is 20.0. The number of nitrogens with zero attached hydrogens (tertiary/aromatic N) is 1. The number of hydrogen-bond acceptors (Lipinski definition) is 1. The largest absolute Gasteiger partial charge is 0.369 e. The first-order chi connectivity index (χ1) is 20.8. The molecule has 1 nitrogen and oxygen atoms in total. The van der Waals surface area contributed by atoms with E-state index in [4.69, 9.17) is 0 Å². The molecule has 43 heavy (non-hydrogen) atoms. The maximum atomic E-state index is 4.17. The van der Waals surface area contributed by atoms with E-state index in [2.05, 4.69) is 58.8 Å². The molecule has 0 spiro atoms. The van der Waals surface area contributed by atoms with E-state index in [0.29, 0.717) is 5.41 Å². The molecule has 0 heterocycles. The Hall–Kier alpha value is -0.680. The molecule has 0 aliphatic heterocycles. The molecule has 0 radical (unpaired) electrons. The summed E-state index contributed by atoms with van der Waals surface area (Å²) in [6, 6.07) is 0. The average Bonchev–Trinajstić information content (AvgIpc) is 2.97. The Morgan fingerprint density at radius 2 is 0.884 bits per heavy atom. The Morgan fingerprint density at radius 3 is 1.21 bits per heavy atom. The molecule has 1 heteroatoms. The monoisotopic (exact) mass is 602 g/mol. The zero-order valence-electron chi connectivity index (χ0n) is 31.2. The highest BCUT2D eigenvalue weighted by Gasteiger charge is 2.14. The van der Waals surface area contributed by atoms with Gasteiger partial charge in [0.2, 0.25) is 0 Å². The minimum Gasteiger partial charge on any atom is -0.369 e. The van der Waals surface area contributed by atoms with Gasteiger partial charge >= 0.3 is 0 Å². The first kappa shape index (κ1) is 42.3. The molecule has 0 fully saturated rings. The van der Waals surface area contributed by atoms with E-state index in [1.165, 1.54) is 199 Å². The average molecular weight is 602 g/mol. The molecule has 0 amide bonds. The van der Waals surface area contributed by atoms with Crippen LogP contribution in [0.2, 0.25) is 0 Å². The molecule has 0 N–H and O–H groups in total. The van der Waals surface area contributed by atoms with E-state index in [-0.39, 0.29) is 0 Å². The molecule has 0 saturated carbocycles. The lowest BCUT2D eigenvalue weighted by atomic mass is 9.87. The third-order valence-corrected chi connectivity index (χ3v) is 9.65. The molecule has 0 aromatic rings. The SMILES string of the molecule is C=C=C(CCC(C)CCCC(C)(C)C)N(CCCCCCCCCCCCCC)CCCCCCCCCCCCCC. The van der Waals surface area contributed by atoms with Gasteiger partial charge in [-0.1, -0.05) is 202 Å². The van der Waals surface area contributed by atoms with Gasteiger partial charge in [0.1, 0.15) is 0 Å². The summed E-state index contributed by atoms with van der Waals surface area (Å²) in [6.45, 7) is 20.8. The minimum absolute atomic E-state index is 0.463. The number of hydrogen-bond donors (Lipinski definition) is 0. The predicted molar refractivity (Wildman–Crippen MR) is 198 cm³/mol. The van der Waals surface area contributed by atoms with Crippen molar-refractivity contribution in [1.29, 1.82) is 0 Å². The Labute approximate surface area is 274 Å². The van der Waals surface area contributed by atoms with Gasteiger partial charge in [-0.2, -0.15) is 0 Å². The molecule has 0 saturated heterocycles. The highest BCUT2D eigenvalue weighted by molar-refractivity contribution is 4.99. The van der Waals surface area contributed by atoms with Crippen LogP contribution in [-0.4, -0.2) is 18.0 Å². The molecule has 0 rings (SSSR count). The number of unbranched alkanes of at least 4 members (excludes halogenated alkanes) is 22. The van der Waals surface area contributed by atoms with Crippen LogP contribution in [0.1, 0.15) is 228 Å². The Balaban J connectivity index is 4.37. The van der Waals surface area contributed by atoms with Crippen LogP contribution < -0.4 is 0 Å². The standard InChI is InChI=1S/C42H83N/c1-8-11-13-15-17-19-21-23-25-27-29-31-38-43(39-32-30-28-26-24-22-20-18-16-14-12-9-2)41(10-3)36-35-40(4)34-33-37-42(5,6)7/h40H,3,8-9,11-39H2,1-2,4-7H3. The summed E-state index contributed by atoms with van der Waals surface area (Å²) in [6.07, 6.45) is 40.7. The summed E-state index contributed by atoms with van der Waals surface area (Å²) < 4.78 is 0. The summed E-state index contributed by atoms with van der Waals surface area (Å²) in [5.74, 6) is 0.797. The molecule has 0 bridgehead atoms. The molecule has 1 atom stereocenters. The van der Waals surface area contributed by atoms with Gasteiger partial charge in [-0.25, -0.2) is 0 Å². The van der Waals surface area contributed by atoms with Crippen molar-refractivity contribution in [2.45, 2.75) is 228 Å². The first-order valence-corrected chi connectivity index (χ1v) is 20.0. The van der Waals surface area contributed by atoms with Crippen molar-refractivity contribution in [1.82, 2.24) is 4.90 Å². The second-order valence-electron chi connectivity index (χ2n) is 15.5. The minimum atomic E-state index is 0.463. The lowest BCUT2D eigenvalue weighted by molar-refractivity contribution is 0.300. The van der Waals surface area contributed by atoms with E-state index in [9.17, 15) is 0 Å².